The fraction of sp³-hybridized carbons (Fsp3) is 0. The highest BCUT2D eigenvalue weighted by Gasteiger charge is 2.20. The first-order valence-electron chi connectivity index (χ1n) is 12.5. The second-order valence-electron chi connectivity index (χ2n) is 9.73. The number of fused-ring (bicyclic) bond motifs is 12. The average molecular weight is 490 g/mol. The minimum absolute atomic E-state index is 0.915. The number of hydrogen-bond acceptors (Lipinski definition) is 2. The van der Waals surface area contributed by atoms with E-state index in [1.54, 1.807) is 0 Å². The maximum atomic E-state index is 6.31. The van der Waals surface area contributed by atoms with Gasteiger partial charge in [-0.3, -0.25) is 0 Å². The van der Waals surface area contributed by atoms with Crippen LogP contribution in [0.2, 0.25) is 0 Å². The molecule has 9 aromatic rings. The van der Waals surface area contributed by atoms with E-state index in [0.717, 1.165) is 27.6 Å². The van der Waals surface area contributed by atoms with E-state index in [4.69, 9.17) is 4.42 Å². The molecule has 2 nitrogen and oxygen atoms in total. The van der Waals surface area contributed by atoms with Gasteiger partial charge in [-0.05, 0) is 41.1 Å². The number of nitrogens with zero attached hydrogens (tertiary/aromatic N) is 1. The van der Waals surface area contributed by atoms with E-state index in [-0.39, 0.29) is 0 Å². The van der Waals surface area contributed by atoms with Gasteiger partial charge >= 0.3 is 0 Å². The Hall–Kier alpha value is -4.60. The highest BCUT2D eigenvalue weighted by Crippen LogP contribution is 2.45. The molecule has 6 aromatic carbocycles. The summed E-state index contributed by atoms with van der Waals surface area (Å²) in [6.45, 7) is 0. The van der Waals surface area contributed by atoms with Gasteiger partial charge in [0, 0.05) is 48.8 Å². The predicted molar refractivity (Wildman–Crippen MR) is 158 cm³/mol. The van der Waals surface area contributed by atoms with Crippen LogP contribution in [0.1, 0.15) is 0 Å². The third kappa shape index (κ3) is 2.54. The summed E-state index contributed by atoms with van der Waals surface area (Å²) in [6.07, 6.45) is 0. The highest BCUT2D eigenvalue weighted by molar-refractivity contribution is 7.26. The summed E-state index contributed by atoms with van der Waals surface area (Å²) in [5.74, 6) is 0. The zero-order valence-electron chi connectivity index (χ0n) is 19.7. The summed E-state index contributed by atoms with van der Waals surface area (Å²) in [5.41, 5.74) is 5.44. The van der Waals surface area contributed by atoms with Crippen LogP contribution in [0.15, 0.2) is 120 Å². The van der Waals surface area contributed by atoms with Crippen molar-refractivity contribution in [1.29, 1.82) is 0 Å². The molecule has 0 aliphatic heterocycles. The first-order valence-corrected chi connectivity index (χ1v) is 13.3. The van der Waals surface area contributed by atoms with Crippen LogP contribution in [0, 0.1) is 0 Å². The Morgan fingerprint density at radius 3 is 2.22 bits per heavy atom. The lowest BCUT2D eigenvalue weighted by Crippen LogP contribution is -1.93. The normalized spacial score (nSPS) is 12.3. The van der Waals surface area contributed by atoms with E-state index < -0.39 is 0 Å². The van der Waals surface area contributed by atoms with Gasteiger partial charge in [0.15, 0.2) is 0 Å². The molecule has 3 heterocycles. The van der Waals surface area contributed by atoms with Crippen LogP contribution in [-0.2, 0) is 0 Å². The van der Waals surface area contributed by atoms with Gasteiger partial charge in [0.2, 0.25) is 0 Å². The third-order valence-corrected chi connectivity index (χ3v) is 8.98. The van der Waals surface area contributed by atoms with Crippen molar-refractivity contribution in [3.05, 3.63) is 115 Å². The average Bonchev–Trinajstić information content (AvgIpc) is 3.61. The molecule has 0 aliphatic rings. The molecule has 9 rings (SSSR count). The molecule has 0 fully saturated rings. The van der Waals surface area contributed by atoms with E-state index in [2.05, 4.69) is 108 Å². The maximum absolute atomic E-state index is 6.31. The molecule has 0 saturated carbocycles. The molecule has 0 atom stereocenters. The number of rotatable bonds is 1. The van der Waals surface area contributed by atoms with Crippen molar-refractivity contribution in [2.24, 2.45) is 0 Å². The van der Waals surface area contributed by atoms with Crippen molar-refractivity contribution in [1.82, 2.24) is 4.57 Å². The monoisotopic (exact) mass is 489 g/mol. The number of aromatic nitrogens is 1. The van der Waals surface area contributed by atoms with Gasteiger partial charge in [-0.1, -0.05) is 78.9 Å². The molecule has 3 heteroatoms. The molecule has 0 aliphatic carbocycles. The molecule has 0 amide bonds. The van der Waals surface area contributed by atoms with Gasteiger partial charge in [-0.25, -0.2) is 0 Å². The molecular weight excluding hydrogens is 470 g/mol. The van der Waals surface area contributed by atoms with Gasteiger partial charge in [-0.2, -0.15) is 0 Å². The zero-order chi connectivity index (χ0) is 24.1. The molecule has 3 aromatic heterocycles. The fourth-order valence-electron chi connectivity index (χ4n) is 6.17. The molecule has 172 valence electrons. The predicted octanol–water partition coefficient (Wildman–Crippen LogP) is 10.2. The van der Waals surface area contributed by atoms with E-state index in [0.29, 0.717) is 0 Å². The van der Waals surface area contributed by atoms with Crippen LogP contribution in [-0.4, -0.2) is 4.57 Å². The van der Waals surface area contributed by atoms with Crippen LogP contribution in [0.5, 0.6) is 0 Å². The summed E-state index contributed by atoms with van der Waals surface area (Å²) in [7, 11) is 0. The third-order valence-electron chi connectivity index (χ3n) is 7.78. The van der Waals surface area contributed by atoms with Crippen molar-refractivity contribution in [2.45, 2.75) is 0 Å². The molecule has 0 bridgehead atoms. The Balaban J connectivity index is 1.50. The Morgan fingerprint density at radius 2 is 1.27 bits per heavy atom. The van der Waals surface area contributed by atoms with E-state index in [1.165, 1.54) is 52.8 Å². The minimum Gasteiger partial charge on any atom is -0.456 e. The fourth-order valence-corrected chi connectivity index (χ4v) is 7.41. The molecule has 0 radical (unpaired) electrons. The quantitative estimate of drug-likeness (QED) is 0.224. The van der Waals surface area contributed by atoms with Gasteiger partial charge in [0.1, 0.15) is 11.2 Å². The standard InChI is InChI=1S/C34H19NOS/c1-2-8-22-20(7-1)13-18-28-32(22)27-17-16-26-25-10-4-6-12-31(25)37-34(26)33(27)35(28)21-14-15-24-23-9-3-5-11-29(23)36-30(24)19-21/h1-19H. The van der Waals surface area contributed by atoms with Crippen LogP contribution >= 0.6 is 11.3 Å². The Morgan fingerprint density at radius 1 is 0.541 bits per heavy atom. The second-order valence-corrected chi connectivity index (χ2v) is 10.8. The van der Waals surface area contributed by atoms with Crippen LogP contribution in [0.4, 0.5) is 0 Å². The summed E-state index contributed by atoms with van der Waals surface area (Å²) in [4.78, 5) is 0. The van der Waals surface area contributed by atoms with Crippen LogP contribution in [0.25, 0.3) is 80.4 Å². The summed E-state index contributed by atoms with van der Waals surface area (Å²) in [6, 6.07) is 41.5. The first kappa shape index (κ1) is 19.6. The van der Waals surface area contributed by atoms with Gasteiger partial charge in [-0.15, -0.1) is 11.3 Å². The summed E-state index contributed by atoms with van der Waals surface area (Å²) < 4.78 is 11.4. The van der Waals surface area contributed by atoms with Gasteiger partial charge < -0.3 is 8.98 Å². The molecule has 37 heavy (non-hydrogen) atoms. The lowest BCUT2D eigenvalue weighted by Gasteiger charge is -2.09. The maximum Gasteiger partial charge on any atom is 0.137 e. The van der Waals surface area contributed by atoms with Gasteiger partial charge in [0.25, 0.3) is 0 Å². The molecular formula is C34H19NOS. The SMILES string of the molecule is c1ccc2c(c1)ccc1c2c2ccc3c4ccccc4sc3c2n1-c1ccc2c(c1)oc1ccccc12. The van der Waals surface area contributed by atoms with E-state index >= 15 is 0 Å². The number of para-hydroxylation sites is 1. The lowest BCUT2D eigenvalue weighted by atomic mass is 10.0. The number of benzene rings is 6. The van der Waals surface area contributed by atoms with Crippen LogP contribution < -0.4 is 0 Å². The summed E-state index contributed by atoms with van der Waals surface area (Å²) in [5, 5.41) is 10.1. The molecule has 0 saturated heterocycles. The lowest BCUT2D eigenvalue weighted by molar-refractivity contribution is 0.668. The van der Waals surface area contributed by atoms with E-state index in [1.807, 2.05) is 23.5 Å². The largest absolute Gasteiger partial charge is 0.456 e. The molecule has 0 spiro atoms. The Bertz CT molecular complexity index is 2370. The second kappa shape index (κ2) is 7.00. The van der Waals surface area contributed by atoms with Crippen molar-refractivity contribution in [2.75, 3.05) is 0 Å². The number of thiophene rings is 1. The molecule has 0 N–H and O–H groups in total. The van der Waals surface area contributed by atoms with Crippen molar-refractivity contribution >= 4 is 86.0 Å². The topological polar surface area (TPSA) is 18.1 Å². The number of hydrogen-bond donors (Lipinski definition) is 0. The van der Waals surface area contributed by atoms with Crippen molar-refractivity contribution in [3.63, 3.8) is 0 Å². The van der Waals surface area contributed by atoms with Gasteiger partial charge in [0.05, 0.1) is 15.7 Å². The minimum atomic E-state index is 0.915. The Kier molecular flexibility index (Phi) is 3.70. The zero-order valence-corrected chi connectivity index (χ0v) is 20.5. The highest BCUT2D eigenvalue weighted by atomic mass is 32.1. The van der Waals surface area contributed by atoms with Crippen molar-refractivity contribution in [3.8, 4) is 5.69 Å². The first-order chi connectivity index (χ1) is 18.3. The van der Waals surface area contributed by atoms with Crippen LogP contribution in [0.3, 0.4) is 0 Å². The molecule has 0 unspecified atom stereocenters. The number of furan rings is 1. The van der Waals surface area contributed by atoms with Crippen molar-refractivity contribution < 1.29 is 4.42 Å². The Labute approximate surface area is 215 Å². The smallest absolute Gasteiger partial charge is 0.137 e. The van der Waals surface area contributed by atoms with E-state index in [9.17, 15) is 0 Å². The summed E-state index contributed by atoms with van der Waals surface area (Å²) >= 11 is 1.88.